The van der Waals surface area contributed by atoms with Crippen LogP contribution in [0.1, 0.15) is 69.9 Å². The summed E-state index contributed by atoms with van der Waals surface area (Å²) in [6.07, 6.45) is 4.02. The third kappa shape index (κ3) is 9.14. The van der Waals surface area contributed by atoms with Gasteiger partial charge in [-0.3, -0.25) is 9.59 Å². The lowest BCUT2D eigenvalue weighted by atomic mass is 10.1. The van der Waals surface area contributed by atoms with Crippen molar-refractivity contribution in [3.63, 3.8) is 0 Å². The second kappa shape index (κ2) is 13.7. The van der Waals surface area contributed by atoms with E-state index in [1.165, 1.54) is 0 Å². The highest BCUT2D eigenvalue weighted by Gasteiger charge is 2.06. The summed E-state index contributed by atoms with van der Waals surface area (Å²) in [5, 5.41) is 27.1. The van der Waals surface area contributed by atoms with Crippen LogP contribution in [0.5, 0.6) is 11.5 Å². The van der Waals surface area contributed by atoms with Gasteiger partial charge in [0.15, 0.2) is 0 Å². The van der Waals surface area contributed by atoms with Crippen molar-refractivity contribution in [2.75, 3.05) is 0 Å². The molecular weight excluding hydrogens is 420 g/mol. The summed E-state index contributed by atoms with van der Waals surface area (Å²) >= 11 is 0. The third-order valence-corrected chi connectivity index (χ3v) is 5.01. The molecule has 0 aliphatic rings. The molecule has 0 heterocycles. The van der Waals surface area contributed by atoms with E-state index in [1.807, 2.05) is 13.8 Å². The maximum Gasteiger partial charge on any atom is 0.240 e. The van der Waals surface area contributed by atoms with Crippen molar-refractivity contribution in [3.8, 4) is 11.5 Å². The fraction of sp³-hybridized carbons (Fsp3) is 0.360. The number of unbranched alkanes of at least 4 members (excludes halogenated alkanes) is 2. The van der Waals surface area contributed by atoms with E-state index in [0.717, 1.165) is 29.0 Å². The number of nitrogens with zero attached hydrogens (tertiary/aromatic N) is 2. The molecular formula is C25H32N4O4. The van der Waals surface area contributed by atoms with E-state index in [4.69, 9.17) is 0 Å². The van der Waals surface area contributed by atoms with Gasteiger partial charge in [0.2, 0.25) is 11.8 Å². The van der Waals surface area contributed by atoms with Crippen LogP contribution in [0.2, 0.25) is 0 Å². The summed E-state index contributed by atoms with van der Waals surface area (Å²) in [5.41, 5.74) is 8.32. The lowest BCUT2D eigenvalue weighted by Crippen LogP contribution is -2.20. The van der Waals surface area contributed by atoms with Crippen molar-refractivity contribution in [1.82, 2.24) is 10.9 Å². The second-order valence-electron chi connectivity index (χ2n) is 7.55. The minimum atomic E-state index is -0.171. The molecule has 0 aliphatic carbocycles. The number of amides is 2. The fourth-order valence-electron chi connectivity index (χ4n) is 3.12. The van der Waals surface area contributed by atoms with E-state index < -0.39 is 0 Å². The largest absolute Gasteiger partial charge is 0.508 e. The van der Waals surface area contributed by atoms with Crippen molar-refractivity contribution < 1.29 is 19.8 Å². The normalized spacial score (nSPS) is 11.8. The molecule has 0 saturated heterocycles. The second-order valence-corrected chi connectivity index (χ2v) is 7.55. The number of rotatable bonds is 12. The van der Waals surface area contributed by atoms with E-state index in [9.17, 15) is 19.8 Å². The predicted octanol–water partition coefficient (Wildman–Crippen LogP) is 4.21. The molecule has 0 bridgehead atoms. The predicted molar refractivity (Wildman–Crippen MR) is 129 cm³/mol. The van der Waals surface area contributed by atoms with E-state index in [-0.39, 0.29) is 23.3 Å². The Balaban J connectivity index is 1.67. The van der Waals surface area contributed by atoms with Crippen molar-refractivity contribution >= 4 is 23.2 Å². The van der Waals surface area contributed by atoms with Crippen molar-refractivity contribution in [3.05, 3.63) is 59.7 Å². The number of phenolic OH excluding ortho intramolecular Hbond substituents is 2. The van der Waals surface area contributed by atoms with Gasteiger partial charge in [-0.15, -0.1) is 0 Å². The van der Waals surface area contributed by atoms with Crippen LogP contribution < -0.4 is 10.9 Å². The number of carbonyl (C=O) groups excluding carboxylic acids is 2. The van der Waals surface area contributed by atoms with Crippen LogP contribution in [0.3, 0.4) is 0 Å². The van der Waals surface area contributed by atoms with Gasteiger partial charge in [0, 0.05) is 12.8 Å². The first-order chi connectivity index (χ1) is 15.9. The molecule has 2 aromatic rings. The van der Waals surface area contributed by atoms with Crippen LogP contribution in [-0.2, 0) is 9.59 Å². The summed E-state index contributed by atoms with van der Waals surface area (Å²) in [6, 6.07) is 13.4. The van der Waals surface area contributed by atoms with Crippen molar-refractivity contribution in [1.29, 1.82) is 0 Å². The summed E-state index contributed by atoms with van der Waals surface area (Å²) < 4.78 is 0. The van der Waals surface area contributed by atoms with Gasteiger partial charge in [0.1, 0.15) is 11.5 Å². The zero-order valence-electron chi connectivity index (χ0n) is 19.2. The Morgan fingerprint density at radius 3 is 1.36 bits per heavy atom. The zero-order chi connectivity index (χ0) is 24.1. The molecule has 2 aromatic carbocycles. The first kappa shape index (κ1) is 25.6. The van der Waals surface area contributed by atoms with Gasteiger partial charge in [-0.2, -0.15) is 10.2 Å². The van der Waals surface area contributed by atoms with E-state index in [1.54, 1.807) is 48.5 Å². The number of carbonyl (C=O) groups is 2. The van der Waals surface area contributed by atoms with Gasteiger partial charge in [-0.05, 0) is 85.3 Å². The molecule has 0 aliphatic heterocycles. The highest BCUT2D eigenvalue weighted by Crippen LogP contribution is 2.13. The minimum Gasteiger partial charge on any atom is -0.508 e. The van der Waals surface area contributed by atoms with Crippen LogP contribution in [0, 0.1) is 0 Å². The third-order valence-electron chi connectivity index (χ3n) is 5.01. The van der Waals surface area contributed by atoms with Crippen LogP contribution >= 0.6 is 0 Å². The molecule has 2 rings (SSSR count). The summed E-state index contributed by atoms with van der Waals surface area (Å²) in [5.74, 6) is 0.0225. The van der Waals surface area contributed by atoms with Gasteiger partial charge < -0.3 is 10.2 Å². The molecule has 0 spiro atoms. The molecule has 0 atom stereocenters. The Morgan fingerprint density at radius 1 is 0.667 bits per heavy atom. The van der Waals surface area contributed by atoms with Crippen LogP contribution in [0.25, 0.3) is 0 Å². The van der Waals surface area contributed by atoms with Gasteiger partial charge in [0.05, 0.1) is 11.4 Å². The molecule has 8 heteroatoms. The van der Waals surface area contributed by atoms with Crippen molar-refractivity contribution in [2.45, 2.75) is 58.8 Å². The van der Waals surface area contributed by atoms with Crippen LogP contribution in [0.4, 0.5) is 0 Å². The molecule has 0 fully saturated rings. The maximum atomic E-state index is 12.0. The Morgan fingerprint density at radius 2 is 1.03 bits per heavy atom. The van der Waals surface area contributed by atoms with Crippen LogP contribution in [0.15, 0.2) is 58.7 Å². The smallest absolute Gasteiger partial charge is 0.240 e. The van der Waals surface area contributed by atoms with Gasteiger partial charge in [-0.1, -0.05) is 20.3 Å². The summed E-state index contributed by atoms with van der Waals surface area (Å²) in [7, 11) is 0. The van der Waals surface area contributed by atoms with Gasteiger partial charge in [0.25, 0.3) is 0 Å². The number of benzene rings is 2. The van der Waals surface area contributed by atoms with E-state index in [2.05, 4.69) is 21.1 Å². The molecule has 0 aromatic heterocycles. The molecule has 0 saturated carbocycles. The minimum absolute atomic E-state index is 0.171. The molecule has 33 heavy (non-hydrogen) atoms. The van der Waals surface area contributed by atoms with E-state index >= 15 is 0 Å². The SMILES string of the molecule is CCC(=NNC(=O)CCCCCC(=O)NN=C(CC)c1ccc(O)cc1)c1ccc(O)cc1. The standard InChI is InChI=1S/C25H32N4O4/c1-3-22(18-10-14-20(30)15-11-18)26-28-24(32)8-6-5-7-9-25(33)29-27-23(4-2)19-12-16-21(31)17-13-19/h10-17,30-31H,3-9H2,1-2H3,(H,28,32)(H,29,33). The Bertz CT molecular complexity index is 887. The number of aromatic hydroxyl groups is 2. The Hall–Kier alpha value is -3.68. The summed E-state index contributed by atoms with van der Waals surface area (Å²) in [6.45, 7) is 3.89. The lowest BCUT2D eigenvalue weighted by Gasteiger charge is -2.06. The first-order valence-electron chi connectivity index (χ1n) is 11.2. The molecule has 176 valence electrons. The lowest BCUT2D eigenvalue weighted by molar-refractivity contribution is -0.121. The highest BCUT2D eigenvalue weighted by atomic mass is 16.3. The molecule has 4 N–H and O–H groups in total. The highest BCUT2D eigenvalue weighted by molar-refractivity contribution is 6.01. The molecule has 2 amide bonds. The van der Waals surface area contributed by atoms with Crippen molar-refractivity contribution in [2.24, 2.45) is 10.2 Å². The van der Waals surface area contributed by atoms with Gasteiger partial charge in [-0.25, -0.2) is 10.9 Å². The maximum absolute atomic E-state index is 12.0. The number of hydrogen-bond donors (Lipinski definition) is 4. The van der Waals surface area contributed by atoms with Crippen LogP contribution in [-0.4, -0.2) is 33.5 Å². The quantitative estimate of drug-likeness (QED) is 0.219. The fourth-order valence-corrected chi connectivity index (χ4v) is 3.12. The zero-order valence-corrected chi connectivity index (χ0v) is 19.2. The van der Waals surface area contributed by atoms with E-state index in [0.29, 0.717) is 38.5 Å². The molecule has 0 radical (unpaired) electrons. The summed E-state index contributed by atoms with van der Waals surface area (Å²) in [4.78, 5) is 24.1. The number of nitrogens with one attached hydrogen (secondary N) is 2. The monoisotopic (exact) mass is 452 g/mol. The van der Waals surface area contributed by atoms with Gasteiger partial charge >= 0.3 is 0 Å². The Labute approximate surface area is 194 Å². The molecule has 0 unspecified atom stereocenters. The average Bonchev–Trinajstić information content (AvgIpc) is 2.81. The number of hydrazone groups is 2. The topological polar surface area (TPSA) is 123 Å². The first-order valence-corrected chi connectivity index (χ1v) is 11.2. The number of hydrogen-bond acceptors (Lipinski definition) is 6. The molecule has 8 nitrogen and oxygen atoms in total. The number of phenols is 2. The Kier molecular flexibility index (Phi) is 10.6. The average molecular weight is 453 g/mol.